The Kier molecular flexibility index (Phi) is 9.09. The monoisotopic (exact) mass is 631 g/mol. The van der Waals surface area contributed by atoms with E-state index in [2.05, 4.69) is 34.9 Å². The largest absolute Gasteiger partial charge is 0.493 e. The van der Waals surface area contributed by atoms with Crippen LogP contribution in [0.5, 0.6) is 11.5 Å². The topological polar surface area (TPSA) is 89.5 Å². The molecule has 5 aromatic carbocycles. The molecule has 0 spiro atoms. The Labute approximate surface area is 269 Å². The summed E-state index contributed by atoms with van der Waals surface area (Å²) in [5.74, 6) is 0.531. The van der Waals surface area contributed by atoms with Crippen LogP contribution >= 0.6 is 23.1 Å². The van der Waals surface area contributed by atoms with E-state index in [1.807, 2.05) is 78.2 Å². The lowest BCUT2D eigenvalue weighted by Gasteiger charge is -2.17. The summed E-state index contributed by atoms with van der Waals surface area (Å²) in [7, 11) is 3.07. The molecule has 1 atom stereocenters. The van der Waals surface area contributed by atoms with Gasteiger partial charge in [0.15, 0.2) is 16.6 Å². The van der Waals surface area contributed by atoms with Crippen molar-refractivity contribution in [3.05, 3.63) is 132 Å². The molecule has 6 aromatic rings. The third kappa shape index (κ3) is 7.01. The quantitative estimate of drug-likeness (QED) is 0.147. The van der Waals surface area contributed by atoms with E-state index in [0.717, 1.165) is 32.5 Å². The summed E-state index contributed by atoms with van der Waals surface area (Å²) in [6.07, 6.45) is 0. The number of hydrogen-bond donors (Lipinski definition) is 2. The number of hydrogen-bond acceptors (Lipinski definition) is 7. The third-order valence-electron chi connectivity index (χ3n) is 7.11. The maximum atomic E-state index is 13.7. The fraction of sp³-hybridized carbons (Fsp3) is 0.0833. The number of amides is 2. The standard InChI is InChI=1S/C36H29N3O4S2/c1-42-31-18-17-27(20-32(31)43-2)34(40)37-28-13-8-14-29(21-28)45-33(24-10-4-3-5-11-24)35(41)39-36-38-30(22-44-36)26-16-15-23-9-6-7-12-25(23)19-26/h3-22,33H,1-2H3,(H,37,40)(H,38,39,41). The van der Waals surface area contributed by atoms with Crippen LogP contribution in [0.1, 0.15) is 21.2 Å². The van der Waals surface area contributed by atoms with Crippen LogP contribution in [0.4, 0.5) is 10.8 Å². The van der Waals surface area contributed by atoms with E-state index in [-0.39, 0.29) is 11.8 Å². The van der Waals surface area contributed by atoms with Gasteiger partial charge >= 0.3 is 0 Å². The van der Waals surface area contributed by atoms with Crippen LogP contribution in [0.15, 0.2) is 126 Å². The molecule has 2 N–H and O–H groups in total. The van der Waals surface area contributed by atoms with Gasteiger partial charge in [0.2, 0.25) is 5.91 Å². The van der Waals surface area contributed by atoms with E-state index in [1.165, 1.54) is 30.2 Å². The molecule has 1 unspecified atom stereocenters. The number of aromatic nitrogens is 1. The van der Waals surface area contributed by atoms with Crippen molar-refractivity contribution in [2.75, 3.05) is 24.9 Å². The van der Waals surface area contributed by atoms with Gasteiger partial charge in [0, 0.05) is 27.1 Å². The van der Waals surface area contributed by atoms with E-state index in [4.69, 9.17) is 14.5 Å². The second-order valence-corrected chi connectivity index (χ2v) is 12.1. The molecule has 224 valence electrons. The number of methoxy groups -OCH3 is 2. The Morgan fingerprint density at radius 3 is 2.33 bits per heavy atom. The number of anilines is 2. The molecule has 0 aliphatic heterocycles. The fourth-order valence-electron chi connectivity index (χ4n) is 4.85. The summed E-state index contributed by atoms with van der Waals surface area (Å²) in [6, 6.07) is 36.5. The molecule has 0 saturated carbocycles. The predicted molar refractivity (Wildman–Crippen MR) is 183 cm³/mol. The number of benzene rings is 5. The van der Waals surface area contributed by atoms with E-state index in [1.54, 1.807) is 25.3 Å². The highest BCUT2D eigenvalue weighted by atomic mass is 32.2. The summed E-state index contributed by atoms with van der Waals surface area (Å²) in [6.45, 7) is 0. The molecule has 45 heavy (non-hydrogen) atoms. The Morgan fingerprint density at radius 1 is 0.756 bits per heavy atom. The molecule has 0 aliphatic carbocycles. The fourth-order valence-corrected chi connectivity index (χ4v) is 6.65. The molecular weight excluding hydrogens is 603 g/mol. The van der Waals surface area contributed by atoms with Gasteiger partial charge < -0.3 is 20.1 Å². The predicted octanol–water partition coefficient (Wildman–Crippen LogP) is 8.70. The number of fused-ring (bicyclic) bond motifs is 1. The molecular formula is C36H29N3O4S2. The van der Waals surface area contributed by atoms with Crippen molar-refractivity contribution in [2.45, 2.75) is 10.1 Å². The average molecular weight is 632 g/mol. The first kappa shape index (κ1) is 29.9. The molecule has 0 bridgehead atoms. The highest BCUT2D eigenvalue weighted by molar-refractivity contribution is 8.00. The molecule has 2 amide bonds. The number of ether oxygens (including phenoxy) is 2. The van der Waals surface area contributed by atoms with Crippen LogP contribution < -0.4 is 20.1 Å². The minimum absolute atomic E-state index is 0.189. The van der Waals surface area contributed by atoms with Crippen molar-refractivity contribution < 1.29 is 19.1 Å². The summed E-state index contributed by atoms with van der Waals surface area (Å²) < 4.78 is 10.6. The van der Waals surface area contributed by atoms with Gasteiger partial charge in [0.1, 0.15) is 5.25 Å². The van der Waals surface area contributed by atoms with Crippen molar-refractivity contribution in [2.24, 2.45) is 0 Å². The zero-order valence-electron chi connectivity index (χ0n) is 24.5. The average Bonchev–Trinajstić information content (AvgIpc) is 3.55. The molecule has 6 rings (SSSR count). The number of thiazole rings is 1. The van der Waals surface area contributed by atoms with E-state index >= 15 is 0 Å². The SMILES string of the molecule is COc1ccc(C(=O)Nc2cccc(SC(C(=O)Nc3nc(-c4ccc5ccccc5c4)cs3)c3ccccc3)c2)cc1OC. The normalized spacial score (nSPS) is 11.5. The minimum atomic E-state index is -0.559. The molecule has 1 heterocycles. The number of thioether (sulfide) groups is 1. The Hall–Kier alpha value is -5.12. The highest BCUT2D eigenvalue weighted by Crippen LogP contribution is 2.38. The molecule has 9 heteroatoms. The van der Waals surface area contributed by atoms with Crippen LogP contribution in [0.25, 0.3) is 22.0 Å². The van der Waals surface area contributed by atoms with Crippen LogP contribution in [0.3, 0.4) is 0 Å². The van der Waals surface area contributed by atoms with Gasteiger partial charge in [0.05, 0.1) is 19.9 Å². The maximum absolute atomic E-state index is 13.7. The van der Waals surface area contributed by atoms with Crippen LogP contribution in [-0.4, -0.2) is 31.0 Å². The lowest BCUT2D eigenvalue weighted by atomic mass is 10.1. The molecule has 0 aliphatic rings. The molecule has 0 radical (unpaired) electrons. The molecule has 0 saturated heterocycles. The summed E-state index contributed by atoms with van der Waals surface area (Å²) in [5, 5.41) is 10.2. The third-order valence-corrected chi connectivity index (χ3v) is 9.12. The minimum Gasteiger partial charge on any atom is -0.493 e. The van der Waals surface area contributed by atoms with Gasteiger partial charge in [-0.3, -0.25) is 9.59 Å². The van der Waals surface area contributed by atoms with Crippen molar-refractivity contribution in [3.63, 3.8) is 0 Å². The van der Waals surface area contributed by atoms with Crippen LogP contribution in [0.2, 0.25) is 0 Å². The van der Waals surface area contributed by atoms with E-state index in [9.17, 15) is 9.59 Å². The number of carbonyl (C=O) groups excluding carboxylic acids is 2. The number of carbonyl (C=O) groups is 2. The van der Waals surface area contributed by atoms with Gasteiger partial charge in [-0.2, -0.15) is 0 Å². The molecule has 0 fully saturated rings. The smallest absolute Gasteiger partial charge is 0.255 e. The van der Waals surface area contributed by atoms with Gasteiger partial charge in [-0.1, -0.05) is 72.8 Å². The second kappa shape index (κ2) is 13.7. The Balaban J connectivity index is 1.19. The first-order chi connectivity index (χ1) is 22.0. The second-order valence-electron chi connectivity index (χ2n) is 10.0. The molecule has 7 nitrogen and oxygen atoms in total. The zero-order chi connectivity index (χ0) is 31.2. The Morgan fingerprint density at radius 2 is 1.53 bits per heavy atom. The van der Waals surface area contributed by atoms with E-state index < -0.39 is 5.25 Å². The lowest BCUT2D eigenvalue weighted by Crippen LogP contribution is -2.19. The van der Waals surface area contributed by atoms with Crippen molar-refractivity contribution >= 4 is 56.5 Å². The summed E-state index contributed by atoms with van der Waals surface area (Å²) in [4.78, 5) is 32.3. The van der Waals surface area contributed by atoms with Gasteiger partial charge in [-0.05, 0) is 58.8 Å². The zero-order valence-corrected chi connectivity index (χ0v) is 26.2. The van der Waals surface area contributed by atoms with Crippen molar-refractivity contribution in [1.29, 1.82) is 0 Å². The molecule has 1 aromatic heterocycles. The Bertz CT molecular complexity index is 1980. The van der Waals surface area contributed by atoms with Crippen molar-refractivity contribution in [3.8, 4) is 22.8 Å². The van der Waals surface area contributed by atoms with Gasteiger partial charge in [0.25, 0.3) is 5.91 Å². The maximum Gasteiger partial charge on any atom is 0.255 e. The first-order valence-corrected chi connectivity index (χ1v) is 15.9. The first-order valence-electron chi connectivity index (χ1n) is 14.1. The number of nitrogens with one attached hydrogen (secondary N) is 2. The summed E-state index contributed by atoms with van der Waals surface area (Å²) >= 11 is 2.79. The van der Waals surface area contributed by atoms with Crippen LogP contribution in [-0.2, 0) is 4.79 Å². The van der Waals surface area contributed by atoms with Gasteiger partial charge in [-0.15, -0.1) is 23.1 Å². The van der Waals surface area contributed by atoms with Gasteiger partial charge in [-0.25, -0.2) is 4.98 Å². The van der Waals surface area contributed by atoms with E-state index in [0.29, 0.717) is 27.9 Å². The van der Waals surface area contributed by atoms with Crippen LogP contribution in [0, 0.1) is 0 Å². The number of nitrogens with zero attached hydrogens (tertiary/aromatic N) is 1. The summed E-state index contributed by atoms with van der Waals surface area (Å²) in [5.41, 5.74) is 3.69. The lowest BCUT2D eigenvalue weighted by molar-refractivity contribution is -0.115. The number of rotatable bonds is 10. The van der Waals surface area contributed by atoms with Crippen molar-refractivity contribution in [1.82, 2.24) is 4.98 Å². The highest BCUT2D eigenvalue weighted by Gasteiger charge is 2.24.